The van der Waals surface area contributed by atoms with Crippen molar-refractivity contribution in [1.82, 2.24) is 10.6 Å². The van der Waals surface area contributed by atoms with Crippen LogP contribution in [0.15, 0.2) is 23.9 Å². The van der Waals surface area contributed by atoms with Gasteiger partial charge in [0.05, 0.1) is 11.3 Å². The van der Waals surface area contributed by atoms with Crippen molar-refractivity contribution in [3.05, 3.63) is 23.9 Å². The van der Waals surface area contributed by atoms with Gasteiger partial charge in [0.25, 0.3) is 0 Å². The van der Waals surface area contributed by atoms with Crippen LogP contribution in [0.3, 0.4) is 0 Å². The normalized spacial score (nSPS) is 30.4. The lowest BCUT2D eigenvalue weighted by Crippen LogP contribution is -2.26. The van der Waals surface area contributed by atoms with Gasteiger partial charge < -0.3 is 5.32 Å². The summed E-state index contributed by atoms with van der Waals surface area (Å²) in [7, 11) is 0. The minimum Gasteiger partial charge on any atom is -0.377 e. The molecule has 0 aromatic rings. The zero-order valence-corrected chi connectivity index (χ0v) is 6.45. The summed E-state index contributed by atoms with van der Waals surface area (Å²) < 4.78 is 0. The van der Waals surface area contributed by atoms with Crippen LogP contribution in [0.25, 0.3) is 0 Å². The topological polar surface area (TPSA) is 24.1 Å². The van der Waals surface area contributed by atoms with E-state index >= 15 is 0 Å². The lowest BCUT2D eigenvalue weighted by Gasteiger charge is -2.07. The van der Waals surface area contributed by atoms with Gasteiger partial charge in [0.15, 0.2) is 0 Å². The Kier molecular flexibility index (Phi) is 1.69. The maximum absolute atomic E-state index is 3.39. The molecule has 54 valence electrons. The fourth-order valence-corrected chi connectivity index (χ4v) is 2.09. The zero-order chi connectivity index (χ0) is 6.81. The van der Waals surface area contributed by atoms with Gasteiger partial charge in [-0.15, -0.1) is 11.8 Å². The van der Waals surface area contributed by atoms with E-state index in [1.165, 1.54) is 5.70 Å². The van der Waals surface area contributed by atoms with Gasteiger partial charge in [-0.25, -0.2) is 0 Å². The molecule has 1 unspecified atom stereocenters. The SMILES string of the molecule is C1=CCNC2SCNC2=C1. The summed E-state index contributed by atoms with van der Waals surface area (Å²) in [6.07, 6.45) is 6.37. The Morgan fingerprint density at radius 1 is 1.60 bits per heavy atom. The van der Waals surface area contributed by atoms with Crippen LogP contribution in [0.2, 0.25) is 0 Å². The number of thioether (sulfide) groups is 1. The summed E-state index contributed by atoms with van der Waals surface area (Å²) in [4.78, 5) is 0. The van der Waals surface area contributed by atoms with E-state index in [4.69, 9.17) is 0 Å². The van der Waals surface area contributed by atoms with Crippen LogP contribution < -0.4 is 10.6 Å². The highest BCUT2D eigenvalue weighted by molar-refractivity contribution is 8.00. The van der Waals surface area contributed by atoms with E-state index in [1.807, 2.05) is 11.8 Å². The first kappa shape index (κ1) is 6.31. The summed E-state index contributed by atoms with van der Waals surface area (Å²) >= 11 is 1.91. The molecular formula is C7H10N2S. The number of rotatable bonds is 0. The summed E-state index contributed by atoms with van der Waals surface area (Å²) in [5.41, 5.74) is 1.32. The highest BCUT2D eigenvalue weighted by atomic mass is 32.2. The van der Waals surface area contributed by atoms with Crippen molar-refractivity contribution in [3.63, 3.8) is 0 Å². The lowest BCUT2D eigenvalue weighted by molar-refractivity contribution is 0.755. The van der Waals surface area contributed by atoms with Crippen LogP contribution in [0.1, 0.15) is 0 Å². The molecule has 0 spiro atoms. The molecule has 0 amide bonds. The van der Waals surface area contributed by atoms with E-state index in [0.717, 1.165) is 12.4 Å². The van der Waals surface area contributed by atoms with Crippen molar-refractivity contribution >= 4 is 11.8 Å². The zero-order valence-electron chi connectivity index (χ0n) is 5.63. The Labute approximate surface area is 64.8 Å². The highest BCUT2D eigenvalue weighted by Crippen LogP contribution is 2.21. The molecule has 10 heavy (non-hydrogen) atoms. The van der Waals surface area contributed by atoms with Crippen LogP contribution in [0.5, 0.6) is 0 Å². The third-order valence-electron chi connectivity index (χ3n) is 1.64. The summed E-state index contributed by atoms with van der Waals surface area (Å²) in [6, 6.07) is 0. The number of hydrogen-bond donors (Lipinski definition) is 2. The molecule has 2 rings (SSSR count). The monoisotopic (exact) mass is 154 g/mol. The van der Waals surface area contributed by atoms with E-state index in [9.17, 15) is 0 Å². The first-order valence-electron chi connectivity index (χ1n) is 3.42. The fraction of sp³-hybridized carbons (Fsp3) is 0.429. The molecule has 1 fully saturated rings. The molecule has 2 heterocycles. The van der Waals surface area contributed by atoms with Crippen molar-refractivity contribution in [3.8, 4) is 0 Å². The molecule has 0 radical (unpaired) electrons. The predicted octanol–water partition coefficient (Wildman–Crippen LogP) is 0.650. The fourth-order valence-electron chi connectivity index (χ4n) is 1.12. The smallest absolute Gasteiger partial charge is 0.0956 e. The van der Waals surface area contributed by atoms with E-state index in [1.54, 1.807) is 0 Å². The Morgan fingerprint density at radius 2 is 2.60 bits per heavy atom. The Balaban J connectivity index is 2.18. The Hall–Kier alpha value is -0.410. The maximum Gasteiger partial charge on any atom is 0.0956 e. The number of fused-ring (bicyclic) bond motifs is 1. The van der Waals surface area contributed by atoms with Gasteiger partial charge in [0, 0.05) is 12.2 Å². The molecule has 0 aromatic carbocycles. The van der Waals surface area contributed by atoms with E-state index in [-0.39, 0.29) is 0 Å². The largest absolute Gasteiger partial charge is 0.377 e. The third kappa shape index (κ3) is 1.07. The first-order chi connectivity index (χ1) is 4.97. The molecule has 3 heteroatoms. The van der Waals surface area contributed by atoms with Crippen LogP contribution in [-0.2, 0) is 0 Å². The highest BCUT2D eigenvalue weighted by Gasteiger charge is 2.19. The molecule has 2 aliphatic heterocycles. The van der Waals surface area contributed by atoms with Crippen molar-refractivity contribution in [2.24, 2.45) is 0 Å². The number of hydrogen-bond acceptors (Lipinski definition) is 3. The van der Waals surface area contributed by atoms with Gasteiger partial charge in [-0.2, -0.15) is 0 Å². The van der Waals surface area contributed by atoms with Crippen molar-refractivity contribution in [2.75, 3.05) is 12.4 Å². The van der Waals surface area contributed by atoms with Crippen molar-refractivity contribution < 1.29 is 0 Å². The van der Waals surface area contributed by atoms with Crippen LogP contribution >= 0.6 is 11.8 Å². The minimum absolute atomic E-state index is 0.509. The molecule has 0 aliphatic carbocycles. The second-order valence-electron chi connectivity index (χ2n) is 2.33. The van der Waals surface area contributed by atoms with Crippen LogP contribution in [0.4, 0.5) is 0 Å². The molecule has 1 atom stereocenters. The Bertz CT molecular complexity index is 186. The standard InChI is InChI=1S/C7H10N2S/c1-2-4-8-7-6(3-1)9-5-10-7/h1-3,7-9H,4-5H2. The van der Waals surface area contributed by atoms with Crippen molar-refractivity contribution in [1.29, 1.82) is 0 Å². The third-order valence-corrected chi connectivity index (χ3v) is 2.71. The quantitative estimate of drug-likeness (QED) is 0.535. The lowest BCUT2D eigenvalue weighted by atomic mass is 10.4. The van der Waals surface area contributed by atoms with E-state index < -0.39 is 0 Å². The molecule has 0 aromatic heterocycles. The van der Waals surface area contributed by atoms with Crippen molar-refractivity contribution in [2.45, 2.75) is 5.37 Å². The van der Waals surface area contributed by atoms with E-state index in [0.29, 0.717) is 5.37 Å². The van der Waals surface area contributed by atoms with Crippen LogP contribution in [-0.4, -0.2) is 17.8 Å². The first-order valence-corrected chi connectivity index (χ1v) is 4.47. The number of nitrogens with one attached hydrogen (secondary N) is 2. The molecule has 2 nitrogen and oxygen atoms in total. The van der Waals surface area contributed by atoms with Gasteiger partial charge in [-0.1, -0.05) is 12.2 Å². The predicted molar refractivity (Wildman–Crippen MR) is 44.6 cm³/mol. The van der Waals surface area contributed by atoms with Gasteiger partial charge in [-0.05, 0) is 6.08 Å². The molecule has 2 aliphatic rings. The second kappa shape index (κ2) is 2.68. The minimum atomic E-state index is 0.509. The maximum atomic E-state index is 3.39. The molecule has 0 bridgehead atoms. The number of allylic oxidation sites excluding steroid dienone is 2. The molecule has 0 saturated carbocycles. The molecule has 2 N–H and O–H groups in total. The molecule has 1 saturated heterocycles. The summed E-state index contributed by atoms with van der Waals surface area (Å²) in [5, 5.41) is 7.21. The molecular weight excluding hydrogens is 144 g/mol. The second-order valence-corrected chi connectivity index (χ2v) is 3.42. The van der Waals surface area contributed by atoms with Gasteiger partial charge in [0.1, 0.15) is 0 Å². The average Bonchev–Trinajstić information content (AvgIpc) is 2.28. The van der Waals surface area contributed by atoms with Gasteiger partial charge in [0.2, 0.25) is 0 Å². The van der Waals surface area contributed by atoms with Gasteiger partial charge in [-0.3, -0.25) is 5.32 Å². The average molecular weight is 154 g/mol. The van der Waals surface area contributed by atoms with Crippen LogP contribution in [0, 0.1) is 0 Å². The van der Waals surface area contributed by atoms with Gasteiger partial charge >= 0.3 is 0 Å². The van der Waals surface area contributed by atoms with E-state index in [2.05, 4.69) is 28.9 Å². The summed E-state index contributed by atoms with van der Waals surface area (Å²) in [6.45, 7) is 0.985. The summed E-state index contributed by atoms with van der Waals surface area (Å²) in [5.74, 6) is 1.04. The Morgan fingerprint density at radius 3 is 3.60 bits per heavy atom.